The first-order valence-corrected chi connectivity index (χ1v) is 7.44. The molecule has 1 saturated heterocycles. The molecule has 2 amide bonds. The lowest BCUT2D eigenvalue weighted by Gasteiger charge is -2.23. The Kier molecular flexibility index (Phi) is 5.91. The van der Waals surface area contributed by atoms with E-state index in [-0.39, 0.29) is 17.9 Å². The molecule has 6 nitrogen and oxygen atoms in total. The second-order valence-corrected chi connectivity index (χ2v) is 5.64. The van der Waals surface area contributed by atoms with Gasteiger partial charge in [-0.05, 0) is 17.7 Å². The highest BCUT2D eigenvalue weighted by Gasteiger charge is 2.16. The third kappa shape index (κ3) is 5.13. The zero-order valence-corrected chi connectivity index (χ0v) is 13.1. The van der Waals surface area contributed by atoms with Crippen LogP contribution >= 0.6 is 0 Å². The second-order valence-electron chi connectivity index (χ2n) is 5.64. The van der Waals surface area contributed by atoms with E-state index in [0.717, 1.165) is 17.8 Å². The molecule has 1 fully saturated rings. The molecule has 1 unspecified atom stereocenters. The van der Waals surface area contributed by atoms with Gasteiger partial charge in [-0.2, -0.15) is 0 Å². The summed E-state index contributed by atoms with van der Waals surface area (Å²) in [5.41, 5.74) is 1.67. The number of likely N-dealkylation sites (N-methyl/N-ethyl adjacent to an activating group) is 1. The molecule has 0 aliphatic carbocycles. The van der Waals surface area contributed by atoms with Crippen LogP contribution in [0.2, 0.25) is 0 Å². The zero-order chi connectivity index (χ0) is 15.9. The van der Waals surface area contributed by atoms with Crippen LogP contribution in [0.1, 0.15) is 12.0 Å². The second kappa shape index (κ2) is 7.91. The predicted octanol–water partition coefficient (Wildman–Crippen LogP) is 0.634. The minimum Gasteiger partial charge on any atom is -0.378 e. The number of nitrogens with one attached hydrogen (secondary N) is 2. The van der Waals surface area contributed by atoms with Crippen LogP contribution in [-0.2, 0) is 20.7 Å². The summed E-state index contributed by atoms with van der Waals surface area (Å²) >= 11 is 0. The molecule has 1 atom stereocenters. The molecule has 1 aliphatic heterocycles. The van der Waals surface area contributed by atoms with Gasteiger partial charge >= 0.3 is 0 Å². The van der Waals surface area contributed by atoms with Crippen molar-refractivity contribution in [3.8, 4) is 0 Å². The van der Waals surface area contributed by atoms with Crippen molar-refractivity contribution in [1.29, 1.82) is 0 Å². The number of carbonyl (C=O) groups excluding carboxylic acids is 2. The molecule has 6 heteroatoms. The summed E-state index contributed by atoms with van der Waals surface area (Å²) < 4.78 is 5.33. The van der Waals surface area contributed by atoms with Crippen molar-refractivity contribution in [1.82, 2.24) is 10.2 Å². The average molecular weight is 305 g/mol. The molecular weight excluding hydrogens is 282 g/mol. The maximum absolute atomic E-state index is 12.0. The summed E-state index contributed by atoms with van der Waals surface area (Å²) in [6.07, 6.45) is 0.755. The SMILES string of the molecule is CN(C)C(=O)Cc1ccc(NC(=O)CC2COCCN2)cc1. The summed E-state index contributed by atoms with van der Waals surface area (Å²) in [7, 11) is 3.47. The van der Waals surface area contributed by atoms with Crippen LogP contribution in [0.15, 0.2) is 24.3 Å². The van der Waals surface area contributed by atoms with Gasteiger partial charge in [0, 0.05) is 38.8 Å². The van der Waals surface area contributed by atoms with Crippen molar-refractivity contribution in [2.24, 2.45) is 0 Å². The first kappa shape index (κ1) is 16.5. The van der Waals surface area contributed by atoms with E-state index >= 15 is 0 Å². The summed E-state index contributed by atoms with van der Waals surface area (Å²) in [5.74, 6) is 0.0141. The van der Waals surface area contributed by atoms with Crippen LogP contribution in [0.4, 0.5) is 5.69 Å². The highest BCUT2D eigenvalue weighted by Crippen LogP contribution is 2.11. The van der Waals surface area contributed by atoms with Gasteiger partial charge in [-0.25, -0.2) is 0 Å². The fraction of sp³-hybridized carbons (Fsp3) is 0.500. The van der Waals surface area contributed by atoms with E-state index in [4.69, 9.17) is 4.74 Å². The van der Waals surface area contributed by atoms with Gasteiger partial charge in [0.1, 0.15) is 0 Å². The number of morpholine rings is 1. The lowest BCUT2D eigenvalue weighted by Crippen LogP contribution is -2.43. The van der Waals surface area contributed by atoms with Crippen LogP contribution in [0, 0.1) is 0 Å². The highest BCUT2D eigenvalue weighted by atomic mass is 16.5. The Labute approximate surface area is 130 Å². The lowest BCUT2D eigenvalue weighted by molar-refractivity contribution is -0.128. The molecule has 1 aromatic carbocycles. The van der Waals surface area contributed by atoms with Gasteiger partial charge in [-0.15, -0.1) is 0 Å². The summed E-state index contributed by atoms with van der Waals surface area (Å²) in [5, 5.41) is 6.11. The molecular formula is C16H23N3O3. The largest absolute Gasteiger partial charge is 0.378 e. The fourth-order valence-electron chi connectivity index (χ4n) is 2.23. The van der Waals surface area contributed by atoms with Crippen molar-refractivity contribution < 1.29 is 14.3 Å². The van der Waals surface area contributed by atoms with Crippen molar-refractivity contribution in [2.45, 2.75) is 18.9 Å². The van der Waals surface area contributed by atoms with E-state index in [9.17, 15) is 9.59 Å². The zero-order valence-electron chi connectivity index (χ0n) is 13.1. The van der Waals surface area contributed by atoms with E-state index in [0.29, 0.717) is 26.1 Å². The molecule has 2 rings (SSSR count). The van der Waals surface area contributed by atoms with Crippen LogP contribution in [0.25, 0.3) is 0 Å². The van der Waals surface area contributed by atoms with Gasteiger partial charge in [-0.1, -0.05) is 12.1 Å². The van der Waals surface area contributed by atoms with Crippen molar-refractivity contribution in [2.75, 3.05) is 39.2 Å². The van der Waals surface area contributed by atoms with Crippen LogP contribution in [-0.4, -0.2) is 56.6 Å². The third-order valence-corrected chi connectivity index (χ3v) is 3.52. The summed E-state index contributed by atoms with van der Waals surface area (Å²) in [6.45, 7) is 2.05. The monoisotopic (exact) mass is 305 g/mol. The third-order valence-electron chi connectivity index (χ3n) is 3.52. The van der Waals surface area contributed by atoms with E-state index < -0.39 is 0 Å². The molecule has 22 heavy (non-hydrogen) atoms. The Morgan fingerprint density at radius 3 is 2.64 bits per heavy atom. The standard InChI is InChI=1S/C16H23N3O3/c1-19(2)16(21)9-12-3-5-13(6-4-12)18-15(20)10-14-11-22-8-7-17-14/h3-6,14,17H,7-11H2,1-2H3,(H,18,20). The number of hydrogen-bond acceptors (Lipinski definition) is 4. The molecule has 120 valence electrons. The van der Waals surface area contributed by atoms with Gasteiger partial charge in [0.15, 0.2) is 0 Å². The van der Waals surface area contributed by atoms with Gasteiger partial charge in [0.05, 0.1) is 19.6 Å². The maximum Gasteiger partial charge on any atom is 0.226 e. The number of hydrogen-bond donors (Lipinski definition) is 2. The molecule has 0 bridgehead atoms. The number of carbonyl (C=O) groups is 2. The Morgan fingerprint density at radius 2 is 2.05 bits per heavy atom. The molecule has 0 spiro atoms. The number of rotatable bonds is 5. The van der Waals surface area contributed by atoms with Crippen molar-refractivity contribution >= 4 is 17.5 Å². The van der Waals surface area contributed by atoms with Crippen LogP contribution < -0.4 is 10.6 Å². The Hall–Kier alpha value is -1.92. The lowest BCUT2D eigenvalue weighted by atomic mass is 10.1. The predicted molar refractivity (Wildman–Crippen MR) is 84.7 cm³/mol. The Balaban J connectivity index is 1.82. The minimum absolute atomic E-state index is 0.0416. The first-order valence-electron chi connectivity index (χ1n) is 7.44. The van der Waals surface area contributed by atoms with Crippen LogP contribution in [0.3, 0.4) is 0 Å². The van der Waals surface area contributed by atoms with Gasteiger partial charge in [-0.3, -0.25) is 9.59 Å². The number of nitrogens with zero attached hydrogens (tertiary/aromatic N) is 1. The quantitative estimate of drug-likeness (QED) is 0.837. The van der Waals surface area contributed by atoms with E-state index in [1.807, 2.05) is 24.3 Å². The molecule has 2 N–H and O–H groups in total. The number of amides is 2. The molecule has 0 aromatic heterocycles. The highest BCUT2D eigenvalue weighted by molar-refractivity contribution is 5.91. The number of benzene rings is 1. The first-order chi connectivity index (χ1) is 10.5. The maximum atomic E-state index is 12.0. The minimum atomic E-state index is -0.0416. The molecule has 0 saturated carbocycles. The fourth-order valence-corrected chi connectivity index (χ4v) is 2.23. The normalized spacial score (nSPS) is 17.8. The van der Waals surface area contributed by atoms with Crippen LogP contribution in [0.5, 0.6) is 0 Å². The number of ether oxygens (including phenoxy) is 1. The topological polar surface area (TPSA) is 70.7 Å². The van der Waals surface area contributed by atoms with Crippen molar-refractivity contribution in [3.05, 3.63) is 29.8 Å². The molecule has 1 aliphatic rings. The van der Waals surface area contributed by atoms with Crippen molar-refractivity contribution in [3.63, 3.8) is 0 Å². The smallest absolute Gasteiger partial charge is 0.226 e. The summed E-state index contributed by atoms with van der Waals surface area (Å²) in [6, 6.07) is 7.44. The van der Waals surface area contributed by atoms with Gasteiger partial charge in [0.25, 0.3) is 0 Å². The van der Waals surface area contributed by atoms with Gasteiger partial charge in [0.2, 0.25) is 11.8 Å². The number of anilines is 1. The molecule has 0 radical (unpaired) electrons. The summed E-state index contributed by atoms with van der Waals surface area (Å²) in [4.78, 5) is 25.2. The Bertz CT molecular complexity index is 508. The van der Waals surface area contributed by atoms with Gasteiger partial charge < -0.3 is 20.3 Å². The molecule has 1 heterocycles. The van der Waals surface area contributed by atoms with E-state index in [1.54, 1.807) is 19.0 Å². The molecule has 1 aromatic rings. The van der Waals surface area contributed by atoms with E-state index in [1.165, 1.54) is 0 Å². The van der Waals surface area contributed by atoms with E-state index in [2.05, 4.69) is 10.6 Å². The Morgan fingerprint density at radius 1 is 1.32 bits per heavy atom. The average Bonchev–Trinajstić information content (AvgIpc) is 2.50.